The second-order valence-electron chi connectivity index (χ2n) is 4.72. The summed E-state index contributed by atoms with van der Waals surface area (Å²) >= 11 is 4.11. The van der Waals surface area contributed by atoms with E-state index in [0.29, 0.717) is 16.7 Å². The smallest absolute Gasteiger partial charge is 0.433 e. The molecule has 0 unspecified atom stereocenters. The van der Waals surface area contributed by atoms with Gasteiger partial charge in [-0.3, -0.25) is 9.79 Å². The Morgan fingerprint density at radius 2 is 2.04 bits per heavy atom. The predicted molar refractivity (Wildman–Crippen MR) is 86.2 cm³/mol. The highest BCUT2D eigenvalue weighted by Crippen LogP contribution is 2.33. The highest BCUT2D eigenvalue weighted by atomic mass is 32.1. The van der Waals surface area contributed by atoms with Crippen molar-refractivity contribution in [2.75, 3.05) is 19.4 Å². The van der Waals surface area contributed by atoms with E-state index in [9.17, 15) is 18.0 Å². The molecule has 5 nitrogen and oxygen atoms in total. The lowest BCUT2D eigenvalue weighted by molar-refractivity contribution is -0.141. The van der Waals surface area contributed by atoms with Crippen molar-refractivity contribution in [3.05, 3.63) is 35.5 Å². The average Bonchev–Trinajstić information content (AvgIpc) is 2.53. The lowest BCUT2D eigenvalue weighted by Gasteiger charge is -2.13. The quantitative estimate of drug-likeness (QED) is 0.637. The average molecular weight is 358 g/mol. The van der Waals surface area contributed by atoms with Gasteiger partial charge in [0, 0.05) is 16.7 Å². The Kier molecular flexibility index (Phi) is 5.33. The van der Waals surface area contributed by atoms with Gasteiger partial charge >= 0.3 is 12.1 Å². The Bertz CT molecular complexity index is 806. The number of ether oxygens (including phenoxy) is 1. The van der Waals surface area contributed by atoms with E-state index in [1.165, 1.54) is 19.2 Å². The van der Waals surface area contributed by atoms with Crippen molar-refractivity contribution in [3.63, 3.8) is 0 Å². The number of carboxylic acid groups (broad SMARTS) is 1. The SMILES string of the molecule is COc1ccc(C(CS)=NCC(=O)O)c2ccc(C(F)(F)F)nc12. The van der Waals surface area contributed by atoms with E-state index in [1.807, 2.05) is 0 Å². The zero-order valence-corrected chi connectivity index (χ0v) is 13.4. The van der Waals surface area contributed by atoms with Gasteiger partial charge in [-0.15, -0.1) is 0 Å². The minimum Gasteiger partial charge on any atom is -0.494 e. The number of aliphatic imine (C=N–C) groups is 1. The molecule has 0 aliphatic heterocycles. The number of fused-ring (bicyclic) bond motifs is 1. The van der Waals surface area contributed by atoms with Gasteiger partial charge < -0.3 is 9.84 Å². The molecule has 0 bridgehead atoms. The monoisotopic (exact) mass is 358 g/mol. The third-order valence-electron chi connectivity index (χ3n) is 3.20. The Balaban J connectivity index is 2.68. The molecule has 0 radical (unpaired) electrons. The van der Waals surface area contributed by atoms with E-state index >= 15 is 0 Å². The van der Waals surface area contributed by atoms with Crippen LogP contribution in [-0.4, -0.2) is 41.2 Å². The number of pyridine rings is 1. The van der Waals surface area contributed by atoms with Crippen LogP contribution in [0.3, 0.4) is 0 Å². The molecule has 0 saturated heterocycles. The van der Waals surface area contributed by atoms with E-state index in [4.69, 9.17) is 9.84 Å². The number of rotatable bonds is 5. The molecule has 0 saturated carbocycles. The lowest BCUT2D eigenvalue weighted by Crippen LogP contribution is -2.11. The van der Waals surface area contributed by atoms with Crippen molar-refractivity contribution < 1.29 is 27.8 Å². The topological polar surface area (TPSA) is 71.8 Å². The normalized spacial score (nSPS) is 12.5. The van der Waals surface area contributed by atoms with Crippen LogP contribution in [0.1, 0.15) is 11.3 Å². The van der Waals surface area contributed by atoms with Crippen LogP contribution in [0.5, 0.6) is 5.75 Å². The summed E-state index contributed by atoms with van der Waals surface area (Å²) in [5.41, 5.74) is -0.215. The Morgan fingerprint density at radius 3 is 2.58 bits per heavy atom. The maximum absolute atomic E-state index is 12.9. The zero-order chi connectivity index (χ0) is 17.9. The Hall–Kier alpha value is -2.29. The van der Waals surface area contributed by atoms with Crippen LogP contribution in [0.15, 0.2) is 29.3 Å². The van der Waals surface area contributed by atoms with Gasteiger partial charge in [-0.1, -0.05) is 0 Å². The van der Waals surface area contributed by atoms with Gasteiger partial charge in [-0.05, 0) is 24.3 Å². The largest absolute Gasteiger partial charge is 0.494 e. The van der Waals surface area contributed by atoms with Crippen LogP contribution < -0.4 is 4.74 Å². The van der Waals surface area contributed by atoms with Gasteiger partial charge in [0.05, 0.1) is 12.8 Å². The summed E-state index contributed by atoms with van der Waals surface area (Å²) in [5.74, 6) is -0.823. The lowest BCUT2D eigenvalue weighted by atomic mass is 10.0. The molecule has 2 rings (SSSR count). The number of halogens is 3. The van der Waals surface area contributed by atoms with E-state index in [1.54, 1.807) is 6.07 Å². The molecular weight excluding hydrogens is 345 g/mol. The zero-order valence-electron chi connectivity index (χ0n) is 12.5. The molecule has 0 atom stereocenters. The third-order valence-corrected chi connectivity index (χ3v) is 3.50. The van der Waals surface area contributed by atoms with Crippen molar-refractivity contribution in [1.82, 2.24) is 4.98 Å². The minimum absolute atomic E-state index is 0.0228. The fraction of sp³-hybridized carbons (Fsp3) is 0.267. The fourth-order valence-corrected chi connectivity index (χ4v) is 2.42. The highest BCUT2D eigenvalue weighted by Gasteiger charge is 2.33. The number of nitrogens with zero attached hydrogens (tertiary/aromatic N) is 2. The molecule has 128 valence electrons. The number of benzene rings is 1. The molecule has 1 N–H and O–H groups in total. The number of aromatic nitrogens is 1. The fourth-order valence-electron chi connectivity index (χ4n) is 2.15. The molecule has 9 heteroatoms. The maximum atomic E-state index is 12.9. The van der Waals surface area contributed by atoms with Gasteiger partial charge in [-0.25, -0.2) is 4.98 Å². The molecule has 0 spiro atoms. The predicted octanol–water partition coefficient (Wildman–Crippen LogP) is 3.07. The first-order valence-electron chi connectivity index (χ1n) is 6.69. The van der Waals surface area contributed by atoms with Crippen LogP contribution in [0, 0.1) is 0 Å². The van der Waals surface area contributed by atoms with Crippen molar-refractivity contribution in [1.29, 1.82) is 0 Å². The number of aliphatic carboxylic acids is 1. The Morgan fingerprint density at radius 1 is 1.33 bits per heavy atom. The van der Waals surface area contributed by atoms with E-state index in [2.05, 4.69) is 22.6 Å². The maximum Gasteiger partial charge on any atom is 0.433 e. The summed E-state index contributed by atoms with van der Waals surface area (Å²) in [7, 11) is 1.33. The van der Waals surface area contributed by atoms with Crippen LogP contribution in [0.25, 0.3) is 10.9 Å². The molecular formula is C15H13F3N2O3S. The first kappa shape index (κ1) is 18.1. The minimum atomic E-state index is -4.58. The van der Waals surface area contributed by atoms with Crippen molar-refractivity contribution in [3.8, 4) is 5.75 Å². The standard InChI is InChI=1S/C15H13F3N2O3S/c1-23-11-4-2-8(10(7-24)19-6-13(21)22)9-3-5-12(15(16,17)18)20-14(9)11/h2-5,24H,6-7H2,1H3,(H,21,22). The molecule has 0 aliphatic carbocycles. The number of hydrogen-bond donors (Lipinski definition) is 2. The number of thiol groups is 1. The molecule has 1 aromatic carbocycles. The van der Waals surface area contributed by atoms with Crippen molar-refractivity contribution in [2.45, 2.75) is 6.18 Å². The van der Waals surface area contributed by atoms with Gasteiger partial charge in [-0.2, -0.15) is 25.8 Å². The van der Waals surface area contributed by atoms with E-state index in [0.717, 1.165) is 6.07 Å². The first-order chi connectivity index (χ1) is 11.3. The molecule has 2 aromatic rings. The summed E-state index contributed by atoms with van der Waals surface area (Å²) in [4.78, 5) is 18.3. The molecule has 0 aliphatic rings. The van der Waals surface area contributed by atoms with Gasteiger partial charge in [0.2, 0.25) is 0 Å². The van der Waals surface area contributed by atoms with Crippen LogP contribution in [-0.2, 0) is 11.0 Å². The summed E-state index contributed by atoms with van der Waals surface area (Å²) < 4.78 is 43.7. The van der Waals surface area contributed by atoms with Crippen LogP contribution in [0.2, 0.25) is 0 Å². The van der Waals surface area contributed by atoms with Gasteiger partial charge in [0.25, 0.3) is 0 Å². The summed E-state index contributed by atoms with van der Waals surface area (Å²) in [6.07, 6.45) is -4.58. The van der Waals surface area contributed by atoms with Crippen LogP contribution >= 0.6 is 12.6 Å². The number of methoxy groups -OCH3 is 1. The summed E-state index contributed by atoms with van der Waals surface area (Å²) in [6, 6.07) is 5.18. The number of alkyl halides is 3. The second kappa shape index (κ2) is 7.08. The van der Waals surface area contributed by atoms with E-state index in [-0.39, 0.29) is 17.0 Å². The van der Waals surface area contributed by atoms with E-state index < -0.39 is 24.4 Å². The molecule has 1 heterocycles. The van der Waals surface area contributed by atoms with Gasteiger partial charge in [0.15, 0.2) is 0 Å². The molecule has 0 fully saturated rings. The third kappa shape index (κ3) is 3.78. The number of hydrogen-bond acceptors (Lipinski definition) is 5. The van der Waals surface area contributed by atoms with Crippen molar-refractivity contribution >= 4 is 35.2 Å². The molecule has 24 heavy (non-hydrogen) atoms. The first-order valence-corrected chi connectivity index (χ1v) is 7.32. The van der Waals surface area contributed by atoms with Crippen LogP contribution in [0.4, 0.5) is 13.2 Å². The summed E-state index contributed by atoms with van der Waals surface area (Å²) in [6.45, 7) is -0.461. The number of carboxylic acids is 1. The molecule has 0 amide bonds. The highest BCUT2D eigenvalue weighted by molar-refractivity contribution is 7.81. The Labute approximate surface area is 140 Å². The van der Waals surface area contributed by atoms with Crippen molar-refractivity contribution in [2.24, 2.45) is 4.99 Å². The van der Waals surface area contributed by atoms with Gasteiger partial charge in [0.1, 0.15) is 23.5 Å². The number of carbonyl (C=O) groups is 1. The molecule has 1 aromatic heterocycles. The second-order valence-corrected chi connectivity index (χ2v) is 5.04. The summed E-state index contributed by atoms with van der Waals surface area (Å²) in [5, 5.41) is 9.11.